The Morgan fingerprint density at radius 3 is 2.62 bits per heavy atom. The lowest BCUT2D eigenvalue weighted by Crippen LogP contribution is -2.25. The summed E-state index contributed by atoms with van der Waals surface area (Å²) in [5.74, 6) is -0.168. The minimum atomic E-state index is -0.168. The molecule has 1 N–H and O–H groups in total. The van der Waals surface area contributed by atoms with Gasteiger partial charge in [-0.15, -0.1) is 0 Å². The summed E-state index contributed by atoms with van der Waals surface area (Å²) in [5.41, 5.74) is 2.54. The van der Waals surface area contributed by atoms with Crippen LogP contribution in [0.4, 0.5) is 0 Å². The number of para-hydroxylation sites is 1. The van der Waals surface area contributed by atoms with E-state index in [1.165, 1.54) is 11.8 Å². The van der Waals surface area contributed by atoms with Gasteiger partial charge in [0.1, 0.15) is 0 Å². The van der Waals surface area contributed by atoms with Gasteiger partial charge in [-0.25, -0.2) is 14.6 Å². The maximum atomic E-state index is 12.0. The fourth-order valence-electron chi connectivity index (χ4n) is 2.17. The van der Waals surface area contributed by atoms with Gasteiger partial charge < -0.3 is 5.32 Å². The molecule has 0 aliphatic rings. The number of hydrogen-bond acceptors (Lipinski definition) is 5. The van der Waals surface area contributed by atoms with Crippen LogP contribution in [0, 0.1) is 0 Å². The number of hydrogen-bond donors (Lipinski definition) is 1. The Labute approximate surface area is 144 Å². The zero-order valence-corrected chi connectivity index (χ0v) is 14.0. The fourth-order valence-corrected chi connectivity index (χ4v) is 2.49. The second-order valence-electron chi connectivity index (χ2n) is 5.09. The predicted molar refractivity (Wildman–Crippen MR) is 93.4 cm³/mol. The number of benzene rings is 1. The van der Waals surface area contributed by atoms with Gasteiger partial charge in [-0.3, -0.25) is 4.79 Å². The molecule has 3 aromatic rings. The summed E-state index contributed by atoms with van der Waals surface area (Å²) < 4.78 is 1.83. The van der Waals surface area contributed by atoms with Crippen LogP contribution in [-0.4, -0.2) is 38.5 Å². The summed E-state index contributed by atoms with van der Waals surface area (Å²) in [6.45, 7) is 0.531. The first kappa shape index (κ1) is 16.2. The van der Waals surface area contributed by atoms with E-state index in [1.807, 2.05) is 53.7 Å². The third-order valence-corrected chi connectivity index (χ3v) is 4.00. The molecular weight excluding hydrogens is 322 g/mol. The van der Waals surface area contributed by atoms with Gasteiger partial charge in [-0.2, -0.15) is 5.10 Å². The van der Waals surface area contributed by atoms with E-state index in [-0.39, 0.29) is 5.91 Å². The first-order valence-electron chi connectivity index (χ1n) is 7.49. The number of carbonyl (C=O) groups is 1. The number of nitrogens with zero attached hydrogens (tertiary/aromatic N) is 4. The normalized spacial score (nSPS) is 10.5. The van der Waals surface area contributed by atoms with Crippen LogP contribution >= 0.6 is 11.8 Å². The molecule has 1 amide bonds. The molecule has 24 heavy (non-hydrogen) atoms. The molecule has 0 saturated carbocycles. The lowest BCUT2D eigenvalue weighted by Gasteiger charge is -2.04. The van der Waals surface area contributed by atoms with E-state index in [2.05, 4.69) is 20.4 Å². The van der Waals surface area contributed by atoms with E-state index in [9.17, 15) is 4.79 Å². The van der Waals surface area contributed by atoms with Crippen LogP contribution < -0.4 is 5.32 Å². The molecule has 0 saturated heterocycles. The van der Waals surface area contributed by atoms with Crippen molar-refractivity contribution in [2.45, 2.75) is 11.6 Å². The van der Waals surface area contributed by atoms with E-state index >= 15 is 0 Å². The van der Waals surface area contributed by atoms with Crippen molar-refractivity contribution in [3.05, 3.63) is 66.2 Å². The molecule has 0 fully saturated rings. The van der Waals surface area contributed by atoms with E-state index < -0.39 is 0 Å². The molecule has 0 aliphatic heterocycles. The van der Waals surface area contributed by atoms with Gasteiger partial charge in [-0.1, -0.05) is 30.0 Å². The van der Waals surface area contributed by atoms with E-state index in [1.54, 1.807) is 12.4 Å². The van der Waals surface area contributed by atoms with Gasteiger partial charge in [0.05, 0.1) is 17.4 Å². The second-order valence-corrected chi connectivity index (χ2v) is 5.87. The highest BCUT2D eigenvalue weighted by molar-refractivity contribution is 7.98. The predicted octanol–water partition coefficient (Wildman–Crippen LogP) is 2.36. The van der Waals surface area contributed by atoms with Crippen LogP contribution in [0.2, 0.25) is 0 Å². The minimum Gasteiger partial charge on any atom is -0.352 e. The first-order valence-corrected chi connectivity index (χ1v) is 8.72. The molecular formula is C17H17N5OS. The lowest BCUT2D eigenvalue weighted by molar-refractivity contribution is 0.0953. The van der Waals surface area contributed by atoms with Crippen LogP contribution in [0.5, 0.6) is 0 Å². The Morgan fingerprint density at radius 1 is 1.17 bits per heavy atom. The molecule has 2 heterocycles. The number of carbonyl (C=O) groups excluding carboxylic acids is 1. The topological polar surface area (TPSA) is 72.7 Å². The minimum absolute atomic E-state index is 0.168. The van der Waals surface area contributed by atoms with Crippen molar-refractivity contribution in [2.75, 3.05) is 12.8 Å². The quantitative estimate of drug-likeness (QED) is 0.551. The third kappa shape index (κ3) is 3.99. The Balaban J connectivity index is 1.53. The Kier molecular flexibility index (Phi) is 5.22. The Hall–Kier alpha value is -2.67. The van der Waals surface area contributed by atoms with Crippen LogP contribution in [-0.2, 0) is 6.42 Å². The summed E-state index contributed by atoms with van der Waals surface area (Å²) in [6, 6.07) is 9.91. The van der Waals surface area contributed by atoms with Crippen LogP contribution in [0.1, 0.15) is 15.9 Å². The van der Waals surface area contributed by atoms with E-state index in [4.69, 9.17) is 0 Å². The number of rotatable bonds is 6. The van der Waals surface area contributed by atoms with Crippen LogP contribution in [0.15, 0.2) is 60.3 Å². The standard InChI is InChI=1S/C17H17N5OS/c1-24-17-19-10-14(11-20-17)16(23)18-8-7-13-9-21-22(12-13)15-5-3-2-4-6-15/h2-6,9-12H,7-8H2,1H3,(H,18,23). The molecule has 0 aliphatic carbocycles. The van der Waals surface area contributed by atoms with Crippen molar-refractivity contribution in [1.82, 2.24) is 25.1 Å². The molecule has 0 atom stereocenters. The average molecular weight is 339 g/mol. The summed E-state index contributed by atoms with van der Waals surface area (Å²) in [7, 11) is 0. The number of amides is 1. The summed E-state index contributed by atoms with van der Waals surface area (Å²) >= 11 is 1.44. The Morgan fingerprint density at radius 2 is 1.92 bits per heavy atom. The molecule has 3 rings (SSSR count). The number of aromatic nitrogens is 4. The molecule has 122 valence electrons. The monoisotopic (exact) mass is 339 g/mol. The maximum absolute atomic E-state index is 12.0. The van der Waals surface area contributed by atoms with Gasteiger partial charge in [0.15, 0.2) is 5.16 Å². The molecule has 0 bridgehead atoms. The number of nitrogens with one attached hydrogen (secondary N) is 1. The fraction of sp³-hybridized carbons (Fsp3) is 0.176. The van der Waals surface area contributed by atoms with Crippen molar-refractivity contribution in [2.24, 2.45) is 0 Å². The smallest absolute Gasteiger partial charge is 0.254 e. The van der Waals surface area contributed by atoms with Crippen molar-refractivity contribution in [1.29, 1.82) is 0 Å². The zero-order valence-electron chi connectivity index (χ0n) is 13.2. The lowest BCUT2D eigenvalue weighted by atomic mass is 10.2. The number of thioether (sulfide) groups is 1. The Bertz CT molecular complexity index is 801. The molecule has 7 heteroatoms. The molecule has 1 aromatic carbocycles. The SMILES string of the molecule is CSc1ncc(C(=O)NCCc2cnn(-c3ccccc3)c2)cn1. The van der Waals surface area contributed by atoms with Crippen molar-refractivity contribution < 1.29 is 4.79 Å². The second kappa shape index (κ2) is 7.74. The summed E-state index contributed by atoms with van der Waals surface area (Å²) in [4.78, 5) is 20.2. The van der Waals surface area contributed by atoms with Crippen molar-refractivity contribution in [3.8, 4) is 5.69 Å². The first-order chi connectivity index (χ1) is 11.8. The highest BCUT2D eigenvalue weighted by atomic mass is 32.2. The van der Waals surface area contributed by atoms with E-state index in [0.29, 0.717) is 23.7 Å². The third-order valence-electron chi connectivity index (χ3n) is 3.43. The summed E-state index contributed by atoms with van der Waals surface area (Å²) in [5, 5.41) is 7.87. The van der Waals surface area contributed by atoms with Gasteiger partial charge in [0.2, 0.25) is 0 Å². The molecule has 2 aromatic heterocycles. The largest absolute Gasteiger partial charge is 0.352 e. The van der Waals surface area contributed by atoms with Crippen LogP contribution in [0.3, 0.4) is 0 Å². The molecule has 6 nitrogen and oxygen atoms in total. The maximum Gasteiger partial charge on any atom is 0.254 e. The van der Waals surface area contributed by atoms with Gasteiger partial charge in [-0.05, 0) is 30.4 Å². The van der Waals surface area contributed by atoms with Crippen molar-refractivity contribution in [3.63, 3.8) is 0 Å². The average Bonchev–Trinajstić information content (AvgIpc) is 3.11. The highest BCUT2D eigenvalue weighted by Crippen LogP contribution is 2.08. The van der Waals surface area contributed by atoms with E-state index in [0.717, 1.165) is 11.3 Å². The van der Waals surface area contributed by atoms with Gasteiger partial charge in [0.25, 0.3) is 5.91 Å². The zero-order chi connectivity index (χ0) is 16.8. The van der Waals surface area contributed by atoms with Gasteiger partial charge >= 0.3 is 0 Å². The highest BCUT2D eigenvalue weighted by Gasteiger charge is 2.07. The molecule has 0 spiro atoms. The van der Waals surface area contributed by atoms with Crippen LogP contribution in [0.25, 0.3) is 5.69 Å². The van der Waals surface area contributed by atoms with Gasteiger partial charge in [0, 0.05) is 25.1 Å². The molecule has 0 radical (unpaired) electrons. The van der Waals surface area contributed by atoms with Crippen molar-refractivity contribution >= 4 is 17.7 Å². The molecule has 0 unspecified atom stereocenters. The summed E-state index contributed by atoms with van der Waals surface area (Å²) in [6.07, 6.45) is 9.48.